The summed E-state index contributed by atoms with van der Waals surface area (Å²) in [6, 6.07) is 15.8. The molecule has 160 valence electrons. The van der Waals surface area contributed by atoms with Gasteiger partial charge in [-0.2, -0.15) is 5.10 Å². The number of nitrogens with zero attached hydrogens (tertiary/aromatic N) is 2. The molecule has 3 N–H and O–H groups in total. The number of aromatic amines is 3. The quantitative estimate of drug-likeness (QED) is 0.404. The van der Waals surface area contributed by atoms with Gasteiger partial charge >= 0.3 is 5.69 Å². The lowest BCUT2D eigenvalue weighted by Crippen LogP contribution is -2.28. The fourth-order valence-corrected chi connectivity index (χ4v) is 4.58. The van der Waals surface area contributed by atoms with Gasteiger partial charge in [0.1, 0.15) is 0 Å². The molecule has 2 aromatic carbocycles. The molecule has 0 atom stereocenters. The number of hydrogen-bond donors (Lipinski definition) is 3. The Morgan fingerprint density at radius 1 is 1.00 bits per heavy atom. The molecule has 0 aliphatic carbocycles. The van der Waals surface area contributed by atoms with E-state index in [1.54, 1.807) is 0 Å². The molecule has 10 heteroatoms. The van der Waals surface area contributed by atoms with Gasteiger partial charge in [0.15, 0.2) is 0 Å². The third kappa shape index (κ3) is 4.35. The fraction of sp³-hybridized carbons (Fsp3) is 0.190. The van der Waals surface area contributed by atoms with Gasteiger partial charge in [0, 0.05) is 24.8 Å². The number of aryl methyl sites for hydroxylation is 1. The van der Waals surface area contributed by atoms with Crippen LogP contribution in [0.5, 0.6) is 0 Å². The summed E-state index contributed by atoms with van der Waals surface area (Å²) in [5.74, 6) is 0. The predicted molar refractivity (Wildman–Crippen MR) is 117 cm³/mol. The SMILES string of the molecule is CN(CCCc1cc(-c2ccccc2)n[nH]1)S(=O)(=O)c1ccc2[nH]c(=O)[nH]c(=O)c2c1. The first-order valence-electron chi connectivity index (χ1n) is 9.67. The summed E-state index contributed by atoms with van der Waals surface area (Å²) in [5, 5.41) is 7.41. The summed E-state index contributed by atoms with van der Waals surface area (Å²) < 4.78 is 27.1. The van der Waals surface area contributed by atoms with Gasteiger partial charge in [-0.05, 0) is 37.1 Å². The van der Waals surface area contributed by atoms with Crippen LogP contribution in [0.4, 0.5) is 0 Å². The minimum absolute atomic E-state index is 0.00652. The number of benzene rings is 2. The highest BCUT2D eigenvalue weighted by Gasteiger charge is 2.21. The van der Waals surface area contributed by atoms with E-state index in [0.29, 0.717) is 19.4 Å². The van der Waals surface area contributed by atoms with Gasteiger partial charge in [-0.15, -0.1) is 0 Å². The van der Waals surface area contributed by atoms with Crippen LogP contribution in [-0.4, -0.2) is 46.5 Å². The van der Waals surface area contributed by atoms with Gasteiger partial charge in [0.05, 0.1) is 21.5 Å². The molecule has 9 nitrogen and oxygen atoms in total. The predicted octanol–water partition coefficient (Wildman–Crippen LogP) is 1.86. The average molecular weight is 439 g/mol. The maximum atomic E-state index is 12.9. The Hall–Kier alpha value is -3.50. The van der Waals surface area contributed by atoms with Crippen molar-refractivity contribution >= 4 is 20.9 Å². The van der Waals surface area contributed by atoms with Crippen molar-refractivity contribution in [2.45, 2.75) is 17.7 Å². The van der Waals surface area contributed by atoms with E-state index in [9.17, 15) is 18.0 Å². The number of hydrogen-bond acceptors (Lipinski definition) is 5. The Morgan fingerprint density at radius 2 is 1.77 bits per heavy atom. The van der Waals surface area contributed by atoms with E-state index in [0.717, 1.165) is 17.0 Å². The number of nitrogens with one attached hydrogen (secondary N) is 3. The molecule has 31 heavy (non-hydrogen) atoms. The second-order valence-electron chi connectivity index (χ2n) is 7.19. The van der Waals surface area contributed by atoms with Crippen LogP contribution in [-0.2, 0) is 16.4 Å². The molecule has 0 aliphatic heterocycles. The Balaban J connectivity index is 1.44. The molecule has 4 rings (SSSR count). The zero-order valence-corrected chi connectivity index (χ0v) is 17.6. The van der Waals surface area contributed by atoms with Crippen LogP contribution in [0.25, 0.3) is 22.2 Å². The fourth-order valence-electron chi connectivity index (χ4n) is 3.34. The largest absolute Gasteiger partial charge is 0.326 e. The summed E-state index contributed by atoms with van der Waals surface area (Å²) in [6.45, 7) is 0.294. The van der Waals surface area contributed by atoms with Gasteiger partial charge < -0.3 is 4.98 Å². The summed E-state index contributed by atoms with van der Waals surface area (Å²) in [6.07, 6.45) is 1.23. The van der Waals surface area contributed by atoms with Gasteiger partial charge in [-0.3, -0.25) is 14.9 Å². The minimum atomic E-state index is -3.79. The number of aromatic nitrogens is 4. The number of sulfonamides is 1. The average Bonchev–Trinajstić information content (AvgIpc) is 3.23. The topological polar surface area (TPSA) is 132 Å². The number of rotatable bonds is 7. The summed E-state index contributed by atoms with van der Waals surface area (Å²) in [4.78, 5) is 27.9. The van der Waals surface area contributed by atoms with E-state index < -0.39 is 21.3 Å². The van der Waals surface area contributed by atoms with Crippen molar-refractivity contribution < 1.29 is 8.42 Å². The van der Waals surface area contributed by atoms with Crippen molar-refractivity contribution in [1.29, 1.82) is 0 Å². The zero-order chi connectivity index (χ0) is 22.0. The maximum Gasteiger partial charge on any atom is 0.326 e. The Morgan fingerprint density at radius 3 is 2.55 bits per heavy atom. The number of H-pyrrole nitrogens is 3. The molecule has 0 spiro atoms. The molecule has 0 aliphatic rings. The van der Waals surface area contributed by atoms with E-state index in [-0.39, 0.29) is 15.8 Å². The lowest BCUT2D eigenvalue weighted by Gasteiger charge is -2.17. The van der Waals surface area contributed by atoms with Crippen LogP contribution in [0.15, 0.2) is 69.1 Å². The van der Waals surface area contributed by atoms with Crippen molar-refractivity contribution in [3.05, 3.63) is 81.1 Å². The molecule has 2 heterocycles. The first-order valence-corrected chi connectivity index (χ1v) is 11.1. The molecule has 2 aromatic heterocycles. The van der Waals surface area contributed by atoms with Crippen LogP contribution in [0.3, 0.4) is 0 Å². The third-order valence-corrected chi connectivity index (χ3v) is 6.89. The molecule has 0 amide bonds. The lowest BCUT2D eigenvalue weighted by atomic mass is 10.1. The molecule has 0 bridgehead atoms. The number of fused-ring (bicyclic) bond motifs is 1. The molecule has 0 radical (unpaired) electrons. The standard InChI is InChI=1S/C21H21N5O4S/c1-26(11-5-8-15-12-19(25-24-15)14-6-3-2-4-7-14)31(29,30)16-9-10-18-17(13-16)20(27)23-21(28)22-18/h2-4,6-7,9-10,12-13H,5,8,11H2,1H3,(H,24,25)(H2,22,23,27,28). The van der Waals surface area contributed by atoms with Crippen LogP contribution >= 0.6 is 0 Å². The third-order valence-electron chi connectivity index (χ3n) is 5.04. The van der Waals surface area contributed by atoms with E-state index in [1.807, 2.05) is 36.4 Å². The Bertz CT molecular complexity index is 1440. The summed E-state index contributed by atoms with van der Waals surface area (Å²) in [5.41, 5.74) is 1.79. The van der Waals surface area contributed by atoms with E-state index in [4.69, 9.17) is 0 Å². The highest BCUT2D eigenvalue weighted by atomic mass is 32.2. The van der Waals surface area contributed by atoms with Crippen molar-refractivity contribution in [3.8, 4) is 11.3 Å². The monoisotopic (exact) mass is 439 g/mol. The Kier molecular flexibility index (Phi) is 5.57. The second-order valence-corrected chi connectivity index (χ2v) is 9.24. The highest BCUT2D eigenvalue weighted by Crippen LogP contribution is 2.20. The first-order chi connectivity index (χ1) is 14.8. The molecular weight excluding hydrogens is 418 g/mol. The van der Waals surface area contributed by atoms with Gasteiger partial charge in [0.25, 0.3) is 5.56 Å². The summed E-state index contributed by atoms with van der Waals surface area (Å²) in [7, 11) is -2.29. The zero-order valence-electron chi connectivity index (χ0n) is 16.8. The van der Waals surface area contributed by atoms with Crippen molar-refractivity contribution in [2.24, 2.45) is 0 Å². The molecule has 0 unspecified atom stereocenters. The van der Waals surface area contributed by atoms with Crippen molar-refractivity contribution in [2.75, 3.05) is 13.6 Å². The van der Waals surface area contributed by atoms with Gasteiger partial charge in [0.2, 0.25) is 10.0 Å². The smallest absolute Gasteiger partial charge is 0.307 e. The second kappa shape index (κ2) is 8.32. The van der Waals surface area contributed by atoms with Gasteiger partial charge in [-0.1, -0.05) is 30.3 Å². The molecule has 0 saturated carbocycles. The molecular formula is C21H21N5O4S. The Labute approximate surface area is 177 Å². The van der Waals surface area contributed by atoms with Crippen LogP contribution in [0.2, 0.25) is 0 Å². The van der Waals surface area contributed by atoms with E-state index >= 15 is 0 Å². The minimum Gasteiger partial charge on any atom is -0.307 e. The van der Waals surface area contributed by atoms with E-state index in [1.165, 1.54) is 29.6 Å². The highest BCUT2D eigenvalue weighted by molar-refractivity contribution is 7.89. The normalized spacial score (nSPS) is 11.9. The van der Waals surface area contributed by atoms with E-state index in [2.05, 4.69) is 20.2 Å². The molecule has 0 saturated heterocycles. The van der Waals surface area contributed by atoms with Crippen LogP contribution < -0.4 is 11.2 Å². The van der Waals surface area contributed by atoms with Crippen molar-refractivity contribution in [1.82, 2.24) is 24.5 Å². The maximum absolute atomic E-state index is 12.9. The first kappa shape index (κ1) is 20.8. The van der Waals surface area contributed by atoms with Crippen LogP contribution in [0.1, 0.15) is 12.1 Å². The molecule has 0 fully saturated rings. The van der Waals surface area contributed by atoms with Crippen molar-refractivity contribution in [3.63, 3.8) is 0 Å². The summed E-state index contributed by atoms with van der Waals surface area (Å²) >= 11 is 0. The van der Waals surface area contributed by atoms with Gasteiger partial charge in [-0.25, -0.2) is 17.5 Å². The molecule has 4 aromatic rings. The van der Waals surface area contributed by atoms with Crippen LogP contribution in [0, 0.1) is 0 Å². The lowest BCUT2D eigenvalue weighted by molar-refractivity contribution is 0.460.